The van der Waals surface area contributed by atoms with Crippen LogP contribution in [0.15, 0.2) is 11.6 Å². The molecule has 0 radical (unpaired) electrons. The highest BCUT2D eigenvalue weighted by atomic mass is 32.1. The third-order valence-electron chi connectivity index (χ3n) is 4.02. The third-order valence-corrected chi connectivity index (χ3v) is 4.78. The number of thiazole rings is 1. The first kappa shape index (κ1) is 13.9. The first-order valence-corrected chi connectivity index (χ1v) is 8.11. The van der Waals surface area contributed by atoms with Gasteiger partial charge < -0.3 is 15.3 Å². The number of anilines is 1. The van der Waals surface area contributed by atoms with E-state index in [-0.39, 0.29) is 0 Å². The average Bonchev–Trinajstić information content (AvgIpc) is 2.97. The summed E-state index contributed by atoms with van der Waals surface area (Å²) in [6.45, 7) is 7.56. The lowest BCUT2D eigenvalue weighted by atomic mass is 9.94. The summed E-state index contributed by atoms with van der Waals surface area (Å²) >= 11 is 1.67. The normalized spacial score (nSPS) is 18.9. The summed E-state index contributed by atoms with van der Waals surface area (Å²) in [6.07, 6.45) is 3.70. The molecule has 1 saturated heterocycles. The molecule has 0 unspecified atom stereocenters. The molecule has 0 atom stereocenters. The molecule has 0 amide bonds. The van der Waals surface area contributed by atoms with Crippen molar-refractivity contribution in [2.45, 2.75) is 38.8 Å². The van der Waals surface area contributed by atoms with Crippen LogP contribution in [0.2, 0.25) is 0 Å². The first-order valence-electron chi connectivity index (χ1n) is 7.23. The van der Waals surface area contributed by atoms with E-state index in [1.54, 1.807) is 11.3 Å². The molecule has 0 aromatic carbocycles. The summed E-state index contributed by atoms with van der Waals surface area (Å²) in [5.74, 6) is 1.08. The molecule has 5 nitrogen and oxygen atoms in total. The van der Waals surface area contributed by atoms with E-state index in [0.717, 1.165) is 49.8 Å². The van der Waals surface area contributed by atoms with Gasteiger partial charge in [-0.05, 0) is 26.3 Å². The smallest absolute Gasteiger partial charge is 0.195 e. The second-order valence-electron chi connectivity index (χ2n) is 5.70. The highest BCUT2D eigenvalue weighted by Gasteiger charge is 2.29. The van der Waals surface area contributed by atoms with Crippen LogP contribution < -0.4 is 10.2 Å². The Kier molecular flexibility index (Phi) is 3.70. The minimum Gasteiger partial charge on any atom is -0.390 e. The molecule has 3 heterocycles. The van der Waals surface area contributed by atoms with E-state index in [0.29, 0.717) is 0 Å². The molecule has 2 aromatic rings. The van der Waals surface area contributed by atoms with Crippen LogP contribution in [-0.2, 0) is 6.54 Å². The fourth-order valence-electron chi connectivity index (χ4n) is 2.68. The van der Waals surface area contributed by atoms with Gasteiger partial charge in [-0.3, -0.25) is 4.40 Å². The van der Waals surface area contributed by atoms with Crippen molar-refractivity contribution in [2.75, 3.05) is 24.5 Å². The van der Waals surface area contributed by atoms with Crippen LogP contribution in [-0.4, -0.2) is 39.7 Å². The number of rotatable bonds is 4. The van der Waals surface area contributed by atoms with Gasteiger partial charge in [0.1, 0.15) is 0 Å². The van der Waals surface area contributed by atoms with Gasteiger partial charge in [0.15, 0.2) is 10.8 Å². The van der Waals surface area contributed by atoms with E-state index in [1.165, 1.54) is 5.69 Å². The molecule has 20 heavy (non-hydrogen) atoms. The van der Waals surface area contributed by atoms with Crippen LogP contribution in [0, 0.1) is 0 Å². The fraction of sp³-hybridized carbons (Fsp3) is 0.643. The van der Waals surface area contributed by atoms with Gasteiger partial charge in [0, 0.05) is 31.2 Å². The maximum Gasteiger partial charge on any atom is 0.195 e. The molecule has 0 spiro atoms. The largest absolute Gasteiger partial charge is 0.390 e. The van der Waals surface area contributed by atoms with E-state index in [2.05, 4.69) is 33.1 Å². The summed E-state index contributed by atoms with van der Waals surface area (Å²) < 4.78 is 2.18. The van der Waals surface area contributed by atoms with Crippen LogP contribution in [0.3, 0.4) is 0 Å². The second kappa shape index (κ2) is 5.35. The summed E-state index contributed by atoms with van der Waals surface area (Å²) in [5.41, 5.74) is 0.708. The van der Waals surface area contributed by atoms with Crippen molar-refractivity contribution in [3.63, 3.8) is 0 Å². The lowest BCUT2D eigenvalue weighted by Crippen LogP contribution is -2.43. The molecule has 2 N–H and O–H groups in total. The predicted octanol–water partition coefficient (Wildman–Crippen LogP) is 1.86. The Hall–Kier alpha value is -1.11. The SMILES string of the molecule is CCNCc1c(N2CCC(C)(O)CC2)nc2sccn12. The van der Waals surface area contributed by atoms with Crippen molar-refractivity contribution >= 4 is 22.1 Å². The lowest BCUT2D eigenvalue weighted by molar-refractivity contribution is 0.0350. The van der Waals surface area contributed by atoms with Crippen molar-refractivity contribution in [1.82, 2.24) is 14.7 Å². The standard InChI is InChI=1S/C14H22N4OS/c1-3-15-10-11-12(16-13-18(11)8-9-20-13)17-6-4-14(2,19)5-7-17/h8-9,15,19H,3-7,10H2,1-2H3. The zero-order chi connectivity index (χ0) is 14.2. The quantitative estimate of drug-likeness (QED) is 0.904. The van der Waals surface area contributed by atoms with E-state index in [4.69, 9.17) is 4.98 Å². The van der Waals surface area contributed by atoms with E-state index < -0.39 is 5.60 Å². The average molecular weight is 294 g/mol. The Balaban J connectivity index is 1.88. The maximum absolute atomic E-state index is 10.1. The fourth-order valence-corrected chi connectivity index (χ4v) is 3.41. The van der Waals surface area contributed by atoms with E-state index in [1.807, 2.05) is 6.92 Å². The molecule has 1 aliphatic rings. The number of aromatic nitrogens is 2. The van der Waals surface area contributed by atoms with Crippen LogP contribution in [0.25, 0.3) is 4.96 Å². The molecular weight excluding hydrogens is 272 g/mol. The van der Waals surface area contributed by atoms with E-state index in [9.17, 15) is 5.11 Å². The first-order chi connectivity index (χ1) is 9.61. The number of aliphatic hydroxyl groups is 1. The molecule has 0 aliphatic carbocycles. The minimum absolute atomic E-state index is 0.518. The summed E-state index contributed by atoms with van der Waals surface area (Å²) in [5, 5.41) is 15.6. The van der Waals surface area contributed by atoms with Gasteiger partial charge in [0.25, 0.3) is 0 Å². The molecule has 0 bridgehead atoms. The molecule has 6 heteroatoms. The number of nitrogens with one attached hydrogen (secondary N) is 1. The highest BCUT2D eigenvalue weighted by molar-refractivity contribution is 7.15. The van der Waals surface area contributed by atoms with Crippen LogP contribution in [0.5, 0.6) is 0 Å². The number of fused-ring (bicyclic) bond motifs is 1. The minimum atomic E-state index is -0.518. The Bertz CT molecular complexity index is 579. The maximum atomic E-state index is 10.1. The molecular formula is C14H22N4OS. The van der Waals surface area contributed by atoms with Gasteiger partial charge in [-0.2, -0.15) is 0 Å². The van der Waals surface area contributed by atoms with Crippen molar-refractivity contribution in [2.24, 2.45) is 0 Å². The van der Waals surface area contributed by atoms with Gasteiger partial charge in [-0.1, -0.05) is 6.92 Å². The zero-order valence-electron chi connectivity index (χ0n) is 12.1. The molecule has 2 aromatic heterocycles. The van der Waals surface area contributed by atoms with Gasteiger partial charge in [-0.15, -0.1) is 11.3 Å². The Morgan fingerprint density at radius 2 is 2.20 bits per heavy atom. The highest BCUT2D eigenvalue weighted by Crippen LogP contribution is 2.29. The van der Waals surface area contributed by atoms with Crippen molar-refractivity contribution in [3.05, 3.63) is 17.3 Å². The molecule has 0 saturated carbocycles. The van der Waals surface area contributed by atoms with Crippen LogP contribution in [0.4, 0.5) is 5.82 Å². The number of hydrogen-bond acceptors (Lipinski definition) is 5. The summed E-state index contributed by atoms with van der Waals surface area (Å²) in [6, 6.07) is 0. The Morgan fingerprint density at radius 3 is 2.90 bits per heavy atom. The van der Waals surface area contributed by atoms with Gasteiger partial charge in [0.05, 0.1) is 11.3 Å². The number of nitrogens with zero attached hydrogens (tertiary/aromatic N) is 3. The van der Waals surface area contributed by atoms with Crippen molar-refractivity contribution in [3.8, 4) is 0 Å². The van der Waals surface area contributed by atoms with Crippen molar-refractivity contribution < 1.29 is 5.11 Å². The molecule has 1 aliphatic heterocycles. The van der Waals surface area contributed by atoms with Gasteiger partial charge in [0.2, 0.25) is 0 Å². The summed E-state index contributed by atoms with van der Waals surface area (Å²) in [7, 11) is 0. The topological polar surface area (TPSA) is 52.8 Å². The molecule has 110 valence electrons. The number of hydrogen-bond donors (Lipinski definition) is 2. The zero-order valence-corrected chi connectivity index (χ0v) is 12.9. The van der Waals surface area contributed by atoms with Crippen LogP contribution >= 0.6 is 11.3 Å². The van der Waals surface area contributed by atoms with E-state index >= 15 is 0 Å². The number of piperidine rings is 1. The third kappa shape index (κ3) is 2.55. The lowest BCUT2D eigenvalue weighted by Gasteiger charge is -2.36. The molecule has 1 fully saturated rings. The van der Waals surface area contributed by atoms with Gasteiger partial charge in [-0.25, -0.2) is 4.98 Å². The van der Waals surface area contributed by atoms with Crippen LogP contribution in [0.1, 0.15) is 32.4 Å². The second-order valence-corrected chi connectivity index (χ2v) is 6.58. The van der Waals surface area contributed by atoms with Crippen molar-refractivity contribution in [1.29, 1.82) is 0 Å². The predicted molar refractivity (Wildman–Crippen MR) is 82.5 cm³/mol. The van der Waals surface area contributed by atoms with Gasteiger partial charge >= 0.3 is 0 Å². The monoisotopic (exact) mass is 294 g/mol. The number of imidazole rings is 1. The summed E-state index contributed by atoms with van der Waals surface area (Å²) in [4.78, 5) is 8.14. The Morgan fingerprint density at radius 1 is 1.45 bits per heavy atom. The molecule has 3 rings (SSSR count). The Labute approximate surface area is 123 Å².